The average molecular weight is 239 g/mol. The second-order valence-corrected chi connectivity index (χ2v) is 3.48. The zero-order valence-corrected chi connectivity index (χ0v) is 9.25. The molecule has 1 rings (SSSR count). The summed E-state index contributed by atoms with van der Waals surface area (Å²) in [5.41, 5.74) is -0.248. The molecule has 0 spiro atoms. The van der Waals surface area contributed by atoms with Crippen molar-refractivity contribution in [3.63, 3.8) is 0 Å². The Balaban J connectivity index is 2.75. The van der Waals surface area contributed by atoms with Gasteiger partial charge in [0, 0.05) is 18.7 Å². The molecule has 7 heteroatoms. The first kappa shape index (κ1) is 13.0. The number of carboxylic acid groups (broad SMARTS) is 1. The number of carbonyl (C=O) groups excluding carboxylic acids is 1. The zero-order chi connectivity index (χ0) is 12.8. The van der Waals surface area contributed by atoms with Crippen LogP contribution >= 0.6 is 0 Å². The molecule has 0 saturated carbocycles. The number of hydrogen-bond donors (Lipinski definition) is 3. The first-order valence-corrected chi connectivity index (χ1v) is 5.01. The molecule has 17 heavy (non-hydrogen) atoms. The van der Waals surface area contributed by atoms with Gasteiger partial charge in [0.1, 0.15) is 12.0 Å². The van der Waals surface area contributed by atoms with Crippen molar-refractivity contribution in [3.8, 4) is 0 Å². The van der Waals surface area contributed by atoms with Crippen LogP contribution < -0.4 is 5.32 Å². The van der Waals surface area contributed by atoms with E-state index in [1.54, 1.807) is 6.92 Å². The van der Waals surface area contributed by atoms with E-state index in [9.17, 15) is 9.59 Å². The quantitative estimate of drug-likeness (QED) is 0.648. The van der Waals surface area contributed by atoms with Gasteiger partial charge in [0.05, 0.1) is 0 Å². The van der Waals surface area contributed by atoms with Gasteiger partial charge in [-0.05, 0) is 13.3 Å². The first-order chi connectivity index (χ1) is 8.04. The molecule has 0 saturated heterocycles. The average Bonchev–Trinajstić information content (AvgIpc) is 2.29. The Morgan fingerprint density at radius 1 is 1.41 bits per heavy atom. The van der Waals surface area contributed by atoms with Crippen LogP contribution in [0.5, 0.6) is 0 Å². The summed E-state index contributed by atoms with van der Waals surface area (Å²) in [6, 6.07) is 0.888. The van der Waals surface area contributed by atoms with Crippen LogP contribution in [0.2, 0.25) is 0 Å². The van der Waals surface area contributed by atoms with Crippen LogP contribution in [-0.2, 0) is 0 Å². The second kappa shape index (κ2) is 5.90. The van der Waals surface area contributed by atoms with Crippen molar-refractivity contribution in [2.45, 2.75) is 19.4 Å². The Morgan fingerprint density at radius 2 is 2.06 bits per heavy atom. The molecule has 0 fully saturated rings. The lowest BCUT2D eigenvalue weighted by atomic mass is 10.2. The van der Waals surface area contributed by atoms with Gasteiger partial charge in [-0.2, -0.15) is 0 Å². The van der Waals surface area contributed by atoms with Crippen molar-refractivity contribution in [2.24, 2.45) is 0 Å². The summed E-state index contributed by atoms with van der Waals surface area (Å²) in [6.45, 7) is 1.69. The van der Waals surface area contributed by atoms with E-state index < -0.39 is 11.9 Å². The fraction of sp³-hybridized carbons (Fsp3) is 0.400. The number of carboxylic acids is 1. The Bertz CT molecular complexity index is 422. The van der Waals surface area contributed by atoms with Crippen molar-refractivity contribution in [1.82, 2.24) is 15.3 Å². The third-order valence-electron chi connectivity index (χ3n) is 2.06. The maximum Gasteiger partial charge on any atom is 0.354 e. The summed E-state index contributed by atoms with van der Waals surface area (Å²) in [5, 5.41) is 20.0. The summed E-state index contributed by atoms with van der Waals surface area (Å²) in [7, 11) is 0. The first-order valence-electron chi connectivity index (χ1n) is 5.01. The summed E-state index contributed by atoms with van der Waals surface area (Å²) >= 11 is 0. The van der Waals surface area contributed by atoms with Crippen molar-refractivity contribution in [3.05, 3.63) is 23.8 Å². The Kier molecular flexibility index (Phi) is 4.53. The van der Waals surface area contributed by atoms with Crippen LogP contribution in [0, 0.1) is 0 Å². The number of aromatic nitrogens is 2. The maximum atomic E-state index is 11.6. The summed E-state index contributed by atoms with van der Waals surface area (Å²) in [6.07, 6.45) is 1.44. The summed E-state index contributed by atoms with van der Waals surface area (Å²) in [4.78, 5) is 29.5. The van der Waals surface area contributed by atoms with Gasteiger partial charge in [0.2, 0.25) is 0 Å². The molecule has 1 heterocycles. The number of nitrogens with one attached hydrogen (secondary N) is 1. The minimum atomic E-state index is -1.22. The molecule has 92 valence electrons. The largest absolute Gasteiger partial charge is 0.477 e. The van der Waals surface area contributed by atoms with E-state index >= 15 is 0 Å². The van der Waals surface area contributed by atoms with Crippen LogP contribution in [-0.4, -0.2) is 44.7 Å². The number of aliphatic hydroxyl groups is 1. The highest BCUT2D eigenvalue weighted by atomic mass is 16.4. The van der Waals surface area contributed by atoms with E-state index in [1.165, 1.54) is 0 Å². The second-order valence-electron chi connectivity index (χ2n) is 3.48. The van der Waals surface area contributed by atoms with Crippen molar-refractivity contribution in [2.75, 3.05) is 6.61 Å². The number of aliphatic hydroxyl groups excluding tert-OH is 1. The fourth-order valence-electron chi connectivity index (χ4n) is 1.16. The molecule has 0 aromatic carbocycles. The molecular weight excluding hydrogens is 226 g/mol. The number of rotatable bonds is 5. The fourth-order valence-corrected chi connectivity index (χ4v) is 1.16. The van der Waals surface area contributed by atoms with Crippen LogP contribution in [0.25, 0.3) is 0 Å². The van der Waals surface area contributed by atoms with Crippen molar-refractivity contribution >= 4 is 11.9 Å². The maximum absolute atomic E-state index is 11.6. The van der Waals surface area contributed by atoms with E-state index in [-0.39, 0.29) is 24.0 Å². The van der Waals surface area contributed by atoms with Crippen LogP contribution in [0.3, 0.4) is 0 Å². The van der Waals surface area contributed by atoms with Crippen LogP contribution in [0.4, 0.5) is 0 Å². The van der Waals surface area contributed by atoms with Gasteiger partial charge in [-0.25, -0.2) is 14.8 Å². The number of carbonyl (C=O) groups is 2. The van der Waals surface area contributed by atoms with E-state index in [1.807, 2.05) is 0 Å². The molecule has 3 N–H and O–H groups in total. The third kappa shape index (κ3) is 3.80. The zero-order valence-electron chi connectivity index (χ0n) is 9.25. The number of amides is 1. The predicted molar refractivity (Wildman–Crippen MR) is 57.6 cm³/mol. The lowest BCUT2D eigenvalue weighted by molar-refractivity contribution is 0.0690. The SMILES string of the molecule is CC(CCO)NC(=O)c1cc(C(=O)O)ncn1. The lowest BCUT2D eigenvalue weighted by Gasteiger charge is -2.11. The lowest BCUT2D eigenvalue weighted by Crippen LogP contribution is -2.33. The summed E-state index contributed by atoms with van der Waals surface area (Å²) < 4.78 is 0. The minimum absolute atomic E-state index is 0.0119. The van der Waals surface area contributed by atoms with E-state index in [0.29, 0.717) is 6.42 Å². The standard InChI is InChI=1S/C10H13N3O4/c1-6(2-3-14)13-9(15)7-4-8(10(16)17)12-5-11-7/h4-6,14H,2-3H2,1H3,(H,13,15)(H,16,17). The van der Waals surface area contributed by atoms with Crippen molar-refractivity contribution < 1.29 is 19.8 Å². The van der Waals surface area contributed by atoms with Gasteiger partial charge < -0.3 is 15.5 Å². The molecule has 1 atom stereocenters. The molecule has 0 aliphatic rings. The number of hydrogen-bond acceptors (Lipinski definition) is 5. The molecule has 0 aliphatic carbocycles. The van der Waals surface area contributed by atoms with E-state index in [4.69, 9.17) is 10.2 Å². The summed E-state index contributed by atoms with van der Waals surface area (Å²) in [5.74, 6) is -1.71. The Hall–Kier alpha value is -2.02. The van der Waals surface area contributed by atoms with Gasteiger partial charge in [-0.15, -0.1) is 0 Å². The molecule has 0 radical (unpaired) electrons. The molecule has 1 amide bonds. The smallest absolute Gasteiger partial charge is 0.354 e. The third-order valence-corrected chi connectivity index (χ3v) is 2.06. The Morgan fingerprint density at radius 3 is 2.65 bits per heavy atom. The monoisotopic (exact) mass is 239 g/mol. The molecule has 1 aromatic rings. The van der Waals surface area contributed by atoms with Crippen LogP contribution in [0.1, 0.15) is 34.3 Å². The Labute approximate surface area is 97.5 Å². The van der Waals surface area contributed by atoms with Gasteiger partial charge >= 0.3 is 5.97 Å². The number of nitrogens with zero attached hydrogens (tertiary/aromatic N) is 2. The molecule has 1 aromatic heterocycles. The topological polar surface area (TPSA) is 112 Å². The highest BCUT2D eigenvalue weighted by Crippen LogP contribution is 2.00. The van der Waals surface area contributed by atoms with Crippen molar-refractivity contribution in [1.29, 1.82) is 0 Å². The molecule has 0 bridgehead atoms. The predicted octanol–water partition coefficient (Wildman–Crippen LogP) is -0.325. The van der Waals surface area contributed by atoms with E-state index in [0.717, 1.165) is 12.4 Å². The highest BCUT2D eigenvalue weighted by Gasteiger charge is 2.13. The van der Waals surface area contributed by atoms with Crippen LogP contribution in [0.15, 0.2) is 12.4 Å². The van der Waals surface area contributed by atoms with Gasteiger partial charge in [0.15, 0.2) is 5.69 Å². The highest BCUT2D eigenvalue weighted by molar-refractivity contribution is 5.95. The van der Waals surface area contributed by atoms with E-state index in [2.05, 4.69) is 15.3 Å². The normalized spacial score (nSPS) is 11.9. The minimum Gasteiger partial charge on any atom is -0.477 e. The van der Waals surface area contributed by atoms with Gasteiger partial charge in [-0.1, -0.05) is 0 Å². The molecular formula is C10H13N3O4. The molecule has 7 nitrogen and oxygen atoms in total. The van der Waals surface area contributed by atoms with Gasteiger partial charge in [0.25, 0.3) is 5.91 Å². The van der Waals surface area contributed by atoms with Gasteiger partial charge in [-0.3, -0.25) is 4.79 Å². The number of aromatic carboxylic acids is 1. The molecule has 1 unspecified atom stereocenters. The molecule has 0 aliphatic heterocycles.